The van der Waals surface area contributed by atoms with Gasteiger partial charge in [-0.3, -0.25) is 14.9 Å². The van der Waals surface area contributed by atoms with Crippen LogP contribution in [0.25, 0.3) is 17.0 Å². The van der Waals surface area contributed by atoms with E-state index in [0.29, 0.717) is 37.9 Å². The second-order valence-corrected chi connectivity index (χ2v) is 17.4. The molecule has 2 aromatic rings. The van der Waals surface area contributed by atoms with Crippen molar-refractivity contribution < 1.29 is 38.4 Å². The molecule has 5 heterocycles. The SMILES string of the molecule is CCC[C@@H]1OC(=O)/C(C)=C/[C@H](C)[C@@H](O[C@H]2O[C@@H](C)C[C@@H](N(C)C)C2O)[C@@](C)(OC/C=C/c2cnc3ccccc3c2)C[C@@H](C)C2=NCCN3C(=O)O[C@@]1(C)[C@H]3[C@@H]2C. The van der Waals surface area contributed by atoms with Gasteiger partial charge >= 0.3 is 12.1 Å². The summed E-state index contributed by atoms with van der Waals surface area (Å²) < 4.78 is 32.9. The number of nitrogens with zero attached hydrogens (tertiary/aromatic N) is 4. The first-order valence-electron chi connectivity index (χ1n) is 20.8. The van der Waals surface area contributed by atoms with Gasteiger partial charge in [-0.25, -0.2) is 9.59 Å². The van der Waals surface area contributed by atoms with Crippen LogP contribution in [-0.2, 0) is 28.5 Å². The topological polar surface area (TPSA) is 132 Å². The molecule has 2 saturated heterocycles. The number of aromatic nitrogens is 1. The van der Waals surface area contributed by atoms with Gasteiger partial charge in [-0.2, -0.15) is 0 Å². The number of aliphatic imine (C=N–C) groups is 1. The van der Waals surface area contributed by atoms with Crippen molar-refractivity contribution in [2.24, 2.45) is 22.7 Å². The molecule has 2 bridgehead atoms. The van der Waals surface area contributed by atoms with E-state index in [0.717, 1.165) is 28.6 Å². The lowest BCUT2D eigenvalue weighted by Crippen LogP contribution is -2.59. The number of fused-ring (bicyclic) bond motifs is 2. The van der Waals surface area contributed by atoms with Crippen LogP contribution < -0.4 is 0 Å². The Morgan fingerprint density at radius 3 is 2.61 bits per heavy atom. The van der Waals surface area contributed by atoms with Gasteiger partial charge in [0.1, 0.15) is 12.2 Å². The Morgan fingerprint density at radius 2 is 1.88 bits per heavy atom. The predicted molar refractivity (Wildman–Crippen MR) is 221 cm³/mol. The number of aliphatic hydroxyl groups excluding tert-OH is 1. The number of benzene rings is 1. The van der Waals surface area contributed by atoms with Crippen LogP contribution in [-0.4, -0.2) is 125 Å². The lowest BCUT2D eigenvalue weighted by atomic mass is 9.73. The molecular weight excluding hydrogens is 725 g/mol. The first-order valence-corrected chi connectivity index (χ1v) is 20.8. The van der Waals surface area contributed by atoms with Crippen LogP contribution in [0.3, 0.4) is 0 Å². The fourth-order valence-electron chi connectivity index (χ4n) is 9.87. The summed E-state index contributed by atoms with van der Waals surface area (Å²) in [6.07, 6.45) is 6.27. The van der Waals surface area contributed by atoms with E-state index in [1.54, 1.807) is 11.8 Å². The van der Waals surface area contributed by atoms with Crippen LogP contribution >= 0.6 is 0 Å². The number of cyclic esters (lactones) is 1. The van der Waals surface area contributed by atoms with Crippen molar-refractivity contribution in [2.75, 3.05) is 33.8 Å². The van der Waals surface area contributed by atoms with Gasteiger partial charge in [-0.1, -0.05) is 70.5 Å². The highest BCUT2D eigenvalue weighted by Crippen LogP contribution is 2.44. The van der Waals surface area contributed by atoms with E-state index < -0.39 is 59.8 Å². The van der Waals surface area contributed by atoms with E-state index in [1.165, 1.54) is 0 Å². The molecular formula is C45H64N4O8. The van der Waals surface area contributed by atoms with Crippen LogP contribution in [0.5, 0.6) is 0 Å². The average molecular weight is 789 g/mol. The highest BCUT2D eigenvalue weighted by molar-refractivity contribution is 5.91. The molecule has 4 aliphatic rings. The summed E-state index contributed by atoms with van der Waals surface area (Å²) in [6.45, 7) is 17.1. The van der Waals surface area contributed by atoms with Crippen molar-refractivity contribution in [3.8, 4) is 0 Å². The Balaban J connectivity index is 1.42. The molecule has 0 saturated carbocycles. The van der Waals surface area contributed by atoms with Crippen molar-refractivity contribution in [1.29, 1.82) is 0 Å². The van der Waals surface area contributed by atoms with Gasteiger partial charge in [0.15, 0.2) is 11.9 Å². The van der Waals surface area contributed by atoms with E-state index in [9.17, 15) is 14.7 Å². The first-order chi connectivity index (χ1) is 27.1. The molecule has 1 unspecified atom stereocenters. The Morgan fingerprint density at radius 1 is 1.12 bits per heavy atom. The second-order valence-electron chi connectivity index (χ2n) is 17.4. The predicted octanol–water partition coefficient (Wildman–Crippen LogP) is 6.84. The van der Waals surface area contributed by atoms with E-state index in [4.69, 9.17) is 28.7 Å². The van der Waals surface area contributed by atoms with Gasteiger partial charge < -0.3 is 33.7 Å². The fourth-order valence-corrected chi connectivity index (χ4v) is 9.87. The summed E-state index contributed by atoms with van der Waals surface area (Å²) in [5.41, 5.74) is 1.14. The van der Waals surface area contributed by atoms with Crippen LogP contribution in [0, 0.1) is 17.8 Å². The normalized spacial score (nSPS) is 37.6. The molecule has 0 spiro atoms. The first kappa shape index (κ1) is 42.9. The largest absolute Gasteiger partial charge is 0.455 e. The van der Waals surface area contributed by atoms with Gasteiger partial charge in [0.2, 0.25) is 0 Å². The molecule has 4 aliphatic heterocycles. The van der Waals surface area contributed by atoms with Crippen molar-refractivity contribution in [2.45, 2.75) is 135 Å². The zero-order valence-corrected chi connectivity index (χ0v) is 35.5. The third kappa shape index (κ3) is 9.00. The smallest absolute Gasteiger partial charge is 0.410 e. The number of hydrogen-bond acceptors (Lipinski definition) is 11. The number of rotatable bonds is 9. The minimum atomic E-state index is -1.09. The number of hydrogen-bond donors (Lipinski definition) is 1. The van der Waals surface area contributed by atoms with Gasteiger partial charge in [-0.05, 0) is 84.7 Å². The standard InChI is InChI=1S/C45H64N4O8/c1-11-15-36-45(8)39-31(6)37(46-19-20-49(39)43(52)57-45)29(4)25-44(7,53-21-14-16-32-24-33-17-12-13-18-34(33)47-26-32)40(27(2)22-28(3)41(51)55-36)56-42-38(50)35(48(9)10)23-30(5)54-42/h12-14,16-18,22,24,26-27,29-31,35-36,38-40,42,50H,11,15,19-21,23,25H2,1-10H3/b16-14+,28-22+/t27-,29+,30-,31+,35+,36-,38?,39+,40+,42+,44-,45+/m0/s1. The van der Waals surface area contributed by atoms with Crippen LogP contribution in [0.2, 0.25) is 0 Å². The highest BCUT2D eigenvalue weighted by atomic mass is 16.7. The van der Waals surface area contributed by atoms with Crippen LogP contribution in [0.4, 0.5) is 4.79 Å². The summed E-state index contributed by atoms with van der Waals surface area (Å²) in [7, 11) is 3.90. The Labute approximate surface area is 338 Å². The molecule has 1 N–H and O–H groups in total. The number of carbonyl (C=O) groups excluding carboxylic acids is 2. The Kier molecular flexibility index (Phi) is 13.3. The molecule has 1 aromatic carbocycles. The summed E-state index contributed by atoms with van der Waals surface area (Å²) in [5.74, 6) is -1.23. The van der Waals surface area contributed by atoms with Crippen molar-refractivity contribution >= 4 is 34.8 Å². The Bertz CT molecular complexity index is 1850. The minimum Gasteiger partial charge on any atom is -0.455 e. The van der Waals surface area contributed by atoms with E-state index in [-0.39, 0.29) is 30.6 Å². The maximum atomic E-state index is 14.1. The zero-order valence-electron chi connectivity index (χ0n) is 35.5. The molecule has 6 rings (SSSR count). The molecule has 12 heteroatoms. The number of aliphatic hydroxyl groups is 1. The lowest BCUT2D eigenvalue weighted by molar-refractivity contribution is -0.295. The number of carbonyl (C=O) groups is 2. The number of amides is 1. The summed E-state index contributed by atoms with van der Waals surface area (Å²) >= 11 is 0. The highest BCUT2D eigenvalue weighted by Gasteiger charge is 2.60. The average Bonchev–Trinajstić information content (AvgIpc) is 3.29. The molecule has 0 aliphatic carbocycles. The second kappa shape index (κ2) is 17.7. The summed E-state index contributed by atoms with van der Waals surface area (Å²) in [5, 5.41) is 12.8. The quantitative estimate of drug-likeness (QED) is 0.270. The van der Waals surface area contributed by atoms with E-state index in [2.05, 4.69) is 24.9 Å². The number of esters is 1. The number of para-hydroxylation sites is 1. The molecule has 312 valence electrons. The van der Waals surface area contributed by atoms with Crippen molar-refractivity contribution in [1.82, 2.24) is 14.8 Å². The summed E-state index contributed by atoms with van der Waals surface area (Å²) in [4.78, 5) is 41.2. The third-order valence-corrected chi connectivity index (χ3v) is 12.6. The van der Waals surface area contributed by atoms with Crippen molar-refractivity contribution in [3.63, 3.8) is 0 Å². The summed E-state index contributed by atoms with van der Waals surface area (Å²) in [6, 6.07) is 9.52. The van der Waals surface area contributed by atoms with Gasteiger partial charge in [0, 0.05) is 47.3 Å². The number of pyridine rings is 1. The molecule has 1 amide bonds. The third-order valence-electron chi connectivity index (χ3n) is 12.6. The monoisotopic (exact) mass is 788 g/mol. The van der Waals surface area contributed by atoms with Crippen LogP contribution in [0.15, 0.2) is 59.2 Å². The van der Waals surface area contributed by atoms with Gasteiger partial charge in [-0.15, -0.1) is 0 Å². The lowest BCUT2D eigenvalue weighted by Gasteiger charge is -2.47. The van der Waals surface area contributed by atoms with Gasteiger partial charge in [0.05, 0.1) is 42.5 Å². The van der Waals surface area contributed by atoms with Gasteiger partial charge in [0.25, 0.3) is 0 Å². The molecule has 57 heavy (non-hydrogen) atoms. The fraction of sp³-hybridized carbons (Fsp3) is 0.644. The minimum absolute atomic E-state index is 0.122. The molecule has 12 atom stereocenters. The zero-order chi connectivity index (χ0) is 41.2. The molecule has 1 aromatic heterocycles. The molecule has 2 fully saturated rings. The maximum Gasteiger partial charge on any atom is 0.410 e. The molecule has 0 radical (unpaired) electrons. The Hall–Kier alpha value is -3.68. The van der Waals surface area contributed by atoms with Crippen LogP contribution in [0.1, 0.15) is 86.6 Å². The maximum absolute atomic E-state index is 14.1. The number of ether oxygens (including phenoxy) is 5. The van der Waals surface area contributed by atoms with E-state index in [1.807, 2.05) is 102 Å². The molecule has 12 nitrogen and oxygen atoms in total. The number of likely N-dealkylation sites (N-methyl/N-ethyl adjacent to an activating group) is 1. The van der Waals surface area contributed by atoms with Crippen molar-refractivity contribution in [3.05, 3.63) is 59.8 Å². The van der Waals surface area contributed by atoms with E-state index >= 15 is 0 Å².